The lowest BCUT2D eigenvalue weighted by molar-refractivity contribution is -0.137. The van der Waals surface area contributed by atoms with Crippen LogP contribution in [-0.2, 0) is 25.7 Å². The van der Waals surface area contributed by atoms with Crippen LogP contribution in [0.4, 0.5) is 10.5 Å². The van der Waals surface area contributed by atoms with Gasteiger partial charge in [-0.3, -0.25) is 19.1 Å². The maximum atomic E-state index is 12.1. The molecule has 0 radical (unpaired) electrons. The van der Waals surface area contributed by atoms with Crippen LogP contribution in [0.5, 0.6) is 0 Å². The molecular formula is C24H23N5O6. The van der Waals surface area contributed by atoms with Gasteiger partial charge in [-0.15, -0.1) is 0 Å². The first kappa shape index (κ1) is 23.5. The predicted molar refractivity (Wildman–Crippen MR) is 125 cm³/mol. The molecule has 4 N–H and O–H groups in total. The number of carboxylic acid groups (broad SMARTS) is 1. The molecule has 3 aromatic rings. The van der Waals surface area contributed by atoms with Gasteiger partial charge >= 0.3 is 12.1 Å². The highest BCUT2D eigenvalue weighted by Gasteiger charge is 2.29. The summed E-state index contributed by atoms with van der Waals surface area (Å²) in [6, 6.07) is 15.9. The van der Waals surface area contributed by atoms with Gasteiger partial charge in [0.1, 0.15) is 19.7 Å². The highest BCUT2D eigenvalue weighted by Crippen LogP contribution is 2.44. The third-order valence-electron chi connectivity index (χ3n) is 5.40. The average molecular weight is 477 g/mol. The minimum absolute atomic E-state index is 0.0921. The van der Waals surface area contributed by atoms with Crippen LogP contribution in [0.15, 0.2) is 60.9 Å². The fraction of sp³-hybridized carbons (Fsp3) is 0.208. The second kappa shape index (κ2) is 10.5. The molecule has 1 heterocycles. The molecule has 1 aliphatic carbocycles. The summed E-state index contributed by atoms with van der Waals surface area (Å²) in [6.07, 6.45) is 1.91. The largest absolute Gasteiger partial charge is 0.480 e. The molecule has 0 fully saturated rings. The number of carbonyl (C=O) groups excluding carboxylic acids is 3. The molecule has 0 aliphatic heterocycles. The number of ether oxygens (including phenoxy) is 1. The summed E-state index contributed by atoms with van der Waals surface area (Å²) >= 11 is 0. The van der Waals surface area contributed by atoms with Crippen molar-refractivity contribution in [2.75, 3.05) is 25.0 Å². The smallest absolute Gasteiger partial charge is 0.407 e. The van der Waals surface area contributed by atoms with Crippen LogP contribution in [0.3, 0.4) is 0 Å². The second-order valence-corrected chi connectivity index (χ2v) is 7.82. The number of amides is 3. The molecule has 0 spiro atoms. The van der Waals surface area contributed by atoms with Gasteiger partial charge in [0.15, 0.2) is 0 Å². The summed E-state index contributed by atoms with van der Waals surface area (Å²) < 4.78 is 6.51. The summed E-state index contributed by atoms with van der Waals surface area (Å²) in [5.74, 6) is -2.27. The molecule has 1 aromatic heterocycles. The molecule has 0 saturated carbocycles. The van der Waals surface area contributed by atoms with E-state index in [4.69, 9.17) is 9.84 Å². The molecule has 1 aliphatic rings. The zero-order valence-corrected chi connectivity index (χ0v) is 18.6. The number of nitrogens with zero attached hydrogens (tertiary/aromatic N) is 2. The van der Waals surface area contributed by atoms with Crippen molar-refractivity contribution in [3.63, 3.8) is 0 Å². The van der Waals surface area contributed by atoms with E-state index in [0.29, 0.717) is 5.69 Å². The molecule has 180 valence electrons. The van der Waals surface area contributed by atoms with Crippen molar-refractivity contribution in [1.29, 1.82) is 0 Å². The Hall–Kier alpha value is -4.67. The molecule has 3 amide bonds. The number of benzene rings is 2. The molecule has 4 rings (SSSR count). The summed E-state index contributed by atoms with van der Waals surface area (Å²) in [5.41, 5.74) is 4.69. The summed E-state index contributed by atoms with van der Waals surface area (Å²) in [5, 5.41) is 19.8. The number of hydrogen-bond donors (Lipinski definition) is 4. The number of aromatic nitrogens is 2. The molecule has 11 nitrogen and oxygen atoms in total. The van der Waals surface area contributed by atoms with E-state index in [1.807, 2.05) is 48.5 Å². The molecule has 0 saturated heterocycles. The number of rotatable bonds is 9. The number of anilines is 1. The highest BCUT2D eigenvalue weighted by atomic mass is 16.5. The molecule has 0 unspecified atom stereocenters. The molecular weight excluding hydrogens is 454 g/mol. The van der Waals surface area contributed by atoms with Crippen LogP contribution in [-0.4, -0.2) is 58.5 Å². The zero-order chi connectivity index (χ0) is 24.8. The molecule has 11 heteroatoms. The van der Waals surface area contributed by atoms with E-state index in [1.54, 1.807) is 0 Å². The third kappa shape index (κ3) is 5.82. The van der Waals surface area contributed by atoms with Crippen molar-refractivity contribution in [1.82, 2.24) is 20.4 Å². The highest BCUT2D eigenvalue weighted by molar-refractivity contribution is 5.94. The molecule has 35 heavy (non-hydrogen) atoms. The van der Waals surface area contributed by atoms with Gasteiger partial charge in [-0.2, -0.15) is 5.10 Å². The first-order valence-electron chi connectivity index (χ1n) is 10.8. The second-order valence-electron chi connectivity index (χ2n) is 7.82. The van der Waals surface area contributed by atoms with E-state index in [9.17, 15) is 19.2 Å². The van der Waals surface area contributed by atoms with Gasteiger partial charge in [0.2, 0.25) is 11.8 Å². The Bertz CT molecular complexity index is 1230. The van der Waals surface area contributed by atoms with Crippen LogP contribution in [0.2, 0.25) is 0 Å². The monoisotopic (exact) mass is 477 g/mol. The van der Waals surface area contributed by atoms with Crippen LogP contribution >= 0.6 is 0 Å². The van der Waals surface area contributed by atoms with E-state index < -0.39 is 23.9 Å². The maximum absolute atomic E-state index is 12.1. The van der Waals surface area contributed by atoms with Gasteiger partial charge in [-0.25, -0.2) is 4.79 Å². The van der Waals surface area contributed by atoms with Gasteiger partial charge in [0.25, 0.3) is 0 Å². The Morgan fingerprint density at radius 1 is 0.914 bits per heavy atom. The van der Waals surface area contributed by atoms with E-state index >= 15 is 0 Å². The van der Waals surface area contributed by atoms with Gasteiger partial charge < -0.3 is 25.8 Å². The van der Waals surface area contributed by atoms with Crippen LogP contribution < -0.4 is 16.0 Å². The van der Waals surface area contributed by atoms with Crippen molar-refractivity contribution in [3.8, 4) is 11.1 Å². The Morgan fingerprint density at radius 3 is 2.20 bits per heavy atom. The number of carbonyl (C=O) groups is 4. The lowest BCUT2D eigenvalue weighted by Crippen LogP contribution is -2.40. The Morgan fingerprint density at radius 2 is 1.54 bits per heavy atom. The zero-order valence-electron chi connectivity index (χ0n) is 18.6. The molecule has 2 aromatic carbocycles. The van der Waals surface area contributed by atoms with Crippen molar-refractivity contribution in [3.05, 3.63) is 72.1 Å². The molecule has 0 bridgehead atoms. The van der Waals surface area contributed by atoms with Crippen molar-refractivity contribution < 1.29 is 29.0 Å². The fourth-order valence-electron chi connectivity index (χ4n) is 3.90. The summed E-state index contributed by atoms with van der Waals surface area (Å²) in [6.45, 7) is -0.913. The van der Waals surface area contributed by atoms with E-state index in [2.05, 4.69) is 21.0 Å². The van der Waals surface area contributed by atoms with E-state index in [-0.39, 0.29) is 32.2 Å². The van der Waals surface area contributed by atoms with Crippen LogP contribution in [0.1, 0.15) is 17.0 Å². The average Bonchev–Trinajstić information content (AvgIpc) is 3.41. The Balaban J connectivity index is 1.19. The van der Waals surface area contributed by atoms with Crippen molar-refractivity contribution in [2.45, 2.75) is 12.5 Å². The van der Waals surface area contributed by atoms with Crippen molar-refractivity contribution >= 4 is 29.6 Å². The van der Waals surface area contributed by atoms with Gasteiger partial charge in [0, 0.05) is 12.1 Å². The SMILES string of the molecule is O=C(O)Cn1cc(NC(=O)CNC(=O)CNC(=O)OCC2c3ccccc3-c3ccccc32)cn1. The molecule has 0 atom stereocenters. The maximum Gasteiger partial charge on any atom is 0.407 e. The number of fused-ring (bicyclic) bond motifs is 3. The quantitative estimate of drug-likeness (QED) is 0.365. The minimum atomic E-state index is -1.07. The standard InChI is InChI=1S/C24H23N5O6/c30-21(25-11-22(31)28-15-9-27-29(12-15)13-23(32)33)10-26-24(34)35-14-20-18-7-3-1-5-16(18)17-6-2-4-8-19(17)20/h1-9,12,20H,10-11,13-14H2,(H,25,30)(H,26,34)(H,28,31)(H,32,33). The lowest BCUT2D eigenvalue weighted by Gasteiger charge is -2.14. The third-order valence-corrected chi connectivity index (χ3v) is 5.40. The Kier molecular flexibility index (Phi) is 7.05. The first-order valence-corrected chi connectivity index (χ1v) is 10.8. The van der Waals surface area contributed by atoms with E-state index in [1.165, 1.54) is 12.4 Å². The van der Waals surface area contributed by atoms with Crippen LogP contribution in [0, 0.1) is 0 Å². The summed E-state index contributed by atoms with van der Waals surface area (Å²) in [4.78, 5) is 46.7. The van der Waals surface area contributed by atoms with E-state index in [0.717, 1.165) is 26.9 Å². The van der Waals surface area contributed by atoms with Gasteiger partial charge in [-0.1, -0.05) is 48.5 Å². The number of hydrogen-bond acceptors (Lipinski definition) is 6. The normalized spacial score (nSPS) is 11.8. The number of aliphatic carboxylic acids is 1. The number of alkyl carbamates (subject to hydrolysis) is 1. The Labute approximate surface area is 200 Å². The van der Waals surface area contributed by atoms with Gasteiger partial charge in [0.05, 0.1) is 18.4 Å². The minimum Gasteiger partial charge on any atom is -0.480 e. The van der Waals surface area contributed by atoms with Crippen LogP contribution in [0.25, 0.3) is 11.1 Å². The first-order chi connectivity index (χ1) is 16.9. The number of nitrogens with one attached hydrogen (secondary N) is 3. The number of carboxylic acids is 1. The summed E-state index contributed by atoms with van der Waals surface area (Å²) in [7, 11) is 0. The van der Waals surface area contributed by atoms with Crippen molar-refractivity contribution in [2.24, 2.45) is 0 Å². The van der Waals surface area contributed by atoms with Gasteiger partial charge in [-0.05, 0) is 22.3 Å². The fourth-order valence-corrected chi connectivity index (χ4v) is 3.90. The topological polar surface area (TPSA) is 152 Å². The predicted octanol–water partition coefficient (Wildman–Crippen LogP) is 1.56. The lowest BCUT2D eigenvalue weighted by atomic mass is 9.98.